The van der Waals surface area contributed by atoms with Gasteiger partial charge in [0.15, 0.2) is 0 Å². The van der Waals surface area contributed by atoms with Crippen molar-refractivity contribution in [1.82, 2.24) is 14.5 Å². The van der Waals surface area contributed by atoms with E-state index >= 15 is 0 Å². The molecule has 0 aliphatic heterocycles. The van der Waals surface area contributed by atoms with Gasteiger partial charge in [-0.15, -0.1) is 5.10 Å². The quantitative estimate of drug-likeness (QED) is 0.799. The zero-order chi connectivity index (χ0) is 13.1. The molecule has 0 spiro atoms. The van der Waals surface area contributed by atoms with Crippen molar-refractivity contribution in [1.29, 1.82) is 0 Å². The summed E-state index contributed by atoms with van der Waals surface area (Å²) in [6, 6.07) is 0.346. The van der Waals surface area contributed by atoms with Crippen LogP contribution >= 0.6 is 23.8 Å². The molecule has 0 radical (unpaired) electrons. The number of rotatable bonds is 6. The lowest BCUT2D eigenvalue weighted by Gasteiger charge is -2.21. The predicted molar refractivity (Wildman–Crippen MR) is 74.7 cm³/mol. The Morgan fingerprint density at radius 2 is 2.33 bits per heavy atom. The van der Waals surface area contributed by atoms with Gasteiger partial charge < -0.3 is 10.6 Å². The second-order valence-corrected chi connectivity index (χ2v) is 5.63. The molecular weight excluding hydrogens is 268 g/mol. The normalized spacial score (nSPS) is 14.5. The number of aromatic nitrogens is 2. The maximum Gasteiger partial charge on any atom is 0.267 e. The molecule has 1 aromatic rings. The maximum atomic E-state index is 12.5. The topological polar surface area (TPSA) is 72.1 Å². The minimum atomic E-state index is 0.0283. The Morgan fingerprint density at radius 3 is 2.89 bits per heavy atom. The van der Waals surface area contributed by atoms with Gasteiger partial charge in [-0.2, -0.15) is 0 Å². The van der Waals surface area contributed by atoms with Crippen molar-refractivity contribution in [2.75, 3.05) is 6.54 Å². The molecule has 0 atom stereocenters. The Morgan fingerprint density at radius 1 is 1.61 bits per heavy atom. The lowest BCUT2D eigenvalue weighted by Crippen LogP contribution is -2.35. The number of amides is 1. The van der Waals surface area contributed by atoms with Gasteiger partial charge in [0.2, 0.25) is 0 Å². The summed E-state index contributed by atoms with van der Waals surface area (Å²) in [5, 5.41) is 3.98. The van der Waals surface area contributed by atoms with Crippen molar-refractivity contribution in [2.24, 2.45) is 5.73 Å². The summed E-state index contributed by atoms with van der Waals surface area (Å²) in [4.78, 5) is 15.4. The zero-order valence-corrected chi connectivity index (χ0v) is 11.9. The van der Waals surface area contributed by atoms with Gasteiger partial charge in [-0.1, -0.05) is 23.6 Å². The average Bonchev–Trinajstić information content (AvgIpc) is 3.06. The Kier molecular flexibility index (Phi) is 4.23. The highest BCUT2D eigenvalue weighted by Gasteiger charge is 2.34. The van der Waals surface area contributed by atoms with Crippen LogP contribution in [0.4, 0.5) is 0 Å². The van der Waals surface area contributed by atoms with Crippen molar-refractivity contribution >= 4 is 34.6 Å². The van der Waals surface area contributed by atoms with Gasteiger partial charge in [0.25, 0.3) is 5.91 Å². The van der Waals surface area contributed by atoms with Crippen LogP contribution in [0.1, 0.15) is 41.6 Å². The predicted octanol–water partition coefficient (Wildman–Crippen LogP) is 1.38. The number of hydrogen-bond acceptors (Lipinski definition) is 5. The fraction of sp³-hybridized carbons (Fsp3) is 0.636. The van der Waals surface area contributed by atoms with E-state index in [0.717, 1.165) is 25.0 Å². The first-order valence-corrected chi connectivity index (χ1v) is 7.22. The molecule has 0 unspecified atom stereocenters. The minimum Gasteiger partial charge on any atom is -0.393 e. The average molecular weight is 284 g/mol. The maximum absolute atomic E-state index is 12.5. The highest BCUT2D eigenvalue weighted by atomic mass is 32.1. The van der Waals surface area contributed by atoms with E-state index in [2.05, 4.69) is 9.59 Å². The van der Waals surface area contributed by atoms with E-state index < -0.39 is 0 Å². The Labute approximate surface area is 116 Å². The number of nitrogens with two attached hydrogens (primary N) is 1. The molecule has 1 amide bonds. The summed E-state index contributed by atoms with van der Waals surface area (Å²) in [6.07, 6.45) is 3.43. The molecule has 1 aliphatic rings. The molecule has 2 N–H and O–H groups in total. The smallest absolute Gasteiger partial charge is 0.267 e. The fourth-order valence-electron chi connectivity index (χ4n) is 1.80. The molecule has 1 aromatic heterocycles. The van der Waals surface area contributed by atoms with Crippen molar-refractivity contribution < 1.29 is 4.79 Å². The summed E-state index contributed by atoms with van der Waals surface area (Å²) in [6.45, 7) is 2.57. The number of nitrogens with zero attached hydrogens (tertiary/aromatic N) is 3. The standard InChI is InChI=1S/C11H16N4OS2/c1-2-8-10(18-14-13-8)11(16)15(7-3-4-7)6-5-9(12)17/h7H,2-6H2,1H3,(H2,12,17). The van der Waals surface area contributed by atoms with Gasteiger partial charge >= 0.3 is 0 Å². The van der Waals surface area contributed by atoms with E-state index in [1.807, 2.05) is 11.8 Å². The molecule has 5 nitrogen and oxygen atoms in total. The molecule has 1 fully saturated rings. The summed E-state index contributed by atoms with van der Waals surface area (Å²) in [7, 11) is 0. The molecule has 0 aromatic carbocycles. The first-order chi connectivity index (χ1) is 8.63. The summed E-state index contributed by atoms with van der Waals surface area (Å²) >= 11 is 6.05. The molecule has 0 bridgehead atoms. The van der Waals surface area contributed by atoms with E-state index in [4.69, 9.17) is 18.0 Å². The summed E-state index contributed by atoms with van der Waals surface area (Å²) in [5.41, 5.74) is 6.29. The third kappa shape index (κ3) is 3.02. The van der Waals surface area contributed by atoms with Crippen LogP contribution < -0.4 is 5.73 Å². The summed E-state index contributed by atoms with van der Waals surface area (Å²) < 4.78 is 3.87. The van der Waals surface area contributed by atoms with Crippen molar-refractivity contribution in [3.8, 4) is 0 Å². The van der Waals surface area contributed by atoms with Crippen LogP contribution in [0.25, 0.3) is 0 Å². The number of thiocarbonyl (C=S) groups is 1. The third-order valence-electron chi connectivity index (χ3n) is 2.93. The molecule has 0 saturated heterocycles. The van der Waals surface area contributed by atoms with Crippen molar-refractivity contribution in [3.05, 3.63) is 10.6 Å². The highest BCUT2D eigenvalue weighted by Crippen LogP contribution is 2.29. The lowest BCUT2D eigenvalue weighted by atomic mass is 10.2. The number of hydrogen-bond donors (Lipinski definition) is 1. The molecule has 1 saturated carbocycles. The Hall–Kier alpha value is -1.08. The number of carbonyl (C=O) groups excluding carboxylic acids is 1. The van der Waals surface area contributed by atoms with Crippen LogP contribution in [0.15, 0.2) is 0 Å². The first-order valence-electron chi connectivity index (χ1n) is 6.04. The van der Waals surface area contributed by atoms with Crippen LogP contribution in [0.2, 0.25) is 0 Å². The first kappa shape index (κ1) is 13.4. The van der Waals surface area contributed by atoms with Crippen LogP contribution in [0.3, 0.4) is 0 Å². The van der Waals surface area contributed by atoms with Gasteiger partial charge in [-0.25, -0.2) is 0 Å². The van der Waals surface area contributed by atoms with E-state index in [-0.39, 0.29) is 5.91 Å². The van der Waals surface area contributed by atoms with Crippen LogP contribution in [0.5, 0.6) is 0 Å². The van der Waals surface area contributed by atoms with E-state index in [1.165, 1.54) is 11.5 Å². The van der Waals surface area contributed by atoms with Gasteiger partial charge in [0.1, 0.15) is 4.88 Å². The zero-order valence-electron chi connectivity index (χ0n) is 10.3. The fourth-order valence-corrected chi connectivity index (χ4v) is 2.60. The van der Waals surface area contributed by atoms with Crippen LogP contribution in [-0.2, 0) is 6.42 Å². The SMILES string of the molecule is CCc1nnsc1C(=O)N(CCC(N)=S)C1CC1. The second-order valence-electron chi connectivity index (χ2n) is 4.35. The van der Waals surface area contributed by atoms with E-state index in [1.54, 1.807) is 0 Å². The molecule has 2 rings (SSSR count). The summed E-state index contributed by atoms with van der Waals surface area (Å²) in [5.74, 6) is 0.0283. The van der Waals surface area contributed by atoms with Crippen LogP contribution in [-0.4, -0.2) is 38.0 Å². The molecular formula is C11H16N4OS2. The molecule has 7 heteroatoms. The molecule has 1 aliphatic carbocycles. The molecule has 18 heavy (non-hydrogen) atoms. The highest BCUT2D eigenvalue weighted by molar-refractivity contribution is 7.80. The number of aryl methyl sites for hydroxylation is 1. The van der Waals surface area contributed by atoms with Crippen molar-refractivity contribution in [2.45, 2.75) is 38.6 Å². The number of carbonyl (C=O) groups is 1. The largest absolute Gasteiger partial charge is 0.393 e. The monoisotopic (exact) mass is 284 g/mol. The van der Waals surface area contributed by atoms with Crippen molar-refractivity contribution in [3.63, 3.8) is 0 Å². The van der Waals surface area contributed by atoms with Crippen LogP contribution in [0, 0.1) is 0 Å². The Balaban J connectivity index is 2.10. The van der Waals surface area contributed by atoms with Gasteiger partial charge in [-0.3, -0.25) is 4.79 Å². The van der Waals surface area contributed by atoms with Gasteiger partial charge in [0.05, 0.1) is 10.7 Å². The molecule has 98 valence electrons. The Bertz CT molecular complexity index is 456. The molecule has 1 heterocycles. The minimum absolute atomic E-state index is 0.0283. The second kappa shape index (κ2) is 5.71. The van der Waals surface area contributed by atoms with Gasteiger partial charge in [-0.05, 0) is 30.8 Å². The van der Waals surface area contributed by atoms with E-state index in [0.29, 0.717) is 28.9 Å². The van der Waals surface area contributed by atoms with E-state index in [9.17, 15) is 4.79 Å². The third-order valence-corrected chi connectivity index (χ3v) is 3.89. The van der Waals surface area contributed by atoms with Gasteiger partial charge in [0, 0.05) is 19.0 Å². The lowest BCUT2D eigenvalue weighted by molar-refractivity contribution is 0.0751.